The van der Waals surface area contributed by atoms with Gasteiger partial charge in [0.2, 0.25) is 11.8 Å². The number of hydrogen-bond acceptors (Lipinski definition) is 6. The van der Waals surface area contributed by atoms with Crippen molar-refractivity contribution < 1.29 is 9.21 Å². The molecule has 1 amide bonds. The first kappa shape index (κ1) is 16.8. The van der Waals surface area contributed by atoms with Gasteiger partial charge in [-0.05, 0) is 43.5 Å². The Morgan fingerprint density at radius 1 is 1.21 bits per heavy atom. The summed E-state index contributed by atoms with van der Waals surface area (Å²) in [7, 11) is 0. The Labute approximate surface area is 146 Å². The molecule has 2 aromatic rings. The number of piperidine rings is 1. The van der Waals surface area contributed by atoms with Gasteiger partial charge >= 0.3 is 0 Å². The van der Waals surface area contributed by atoms with Crippen LogP contribution in [0.3, 0.4) is 0 Å². The third kappa shape index (κ3) is 4.50. The molecule has 1 aromatic heterocycles. The van der Waals surface area contributed by atoms with Crippen LogP contribution in [0.4, 0.5) is 11.4 Å². The van der Waals surface area contributed by atoms with Crippen LogP contribution in [-0.2, 0) is 11.2 Å². The molecule has 24 heavy (non-hydrogen) atoms. The largest absolute Gasteiger partial charge is 0.416 e. The fourth-order valence-electron chi connectivity index (χ4n) is 2.67. The maximum absolute atomic E-state index is 12.0. The summed E-state index contributed by atoms with van der Waals surface area (Å²) < 4.78 is 5.37. The van der Waals surface area contributed by atoms with E-state index in [9.17, 15) is 4.79 Å². The van der Waals surface area contributed by atoms with Gasteiger partial charge in [0, 0.05) is 30.9 Å². The normalized spacial score (nSPS) is 14.6. The molecule has 128 valence electrons. The van der Waals surface area contributed by atoms with Gasteiger partial charge < -0.3 is 14.6 Å². The number of hydrogen-bond donors (Lipinski definition) is 1. The number of amides is 1. The van der Waals surface area contributed by atoms with Crippen molar-refractivity contribution in [3.8, 4) is 0 Å². The Morgan fingerprint density at radius 3 is 2.62 bits per heavy atom. The van der Waals surface area contributed by atoms with Gasteiger partial charge in [-0.3, -0.25) is 4.79 Å². The van der Waals surface area contributed by atoms with E-state index in [0.29, 0.717) is 17.5 Å². The third-order valence-corrected chi connectivity index (χ3v) is 4.77. The Hall–Kier alpha value is -2.02. The van der Waals surface area contributed by atoms with Crippen molar-refractivity contribution >= 4 is 29.0 Å². The lowest BCUT2D eigenvalue weighted by molar-refractivity contribution is -0.113. The van der Waals surface area contributed by atoms with Gasteiger partial charge in [-0.15, -0.1) is 10.2 Å². The maximum atomic E-state index is 12.0. The minimum Gasteiger partial charge on any atom is -0.416 e. The molecule has 0 spiro atoms. The summed E-state index contributed by atoms with van der Waals surface area (Å²) in [5.41, 5.74) is 2.03. The molecule has 0 radical (unpaired) electrons. The van der Waals surface area contributed by atoms with E-state index < -0.39 is 0 Å². The molecule has 0 bridgehead atoms. The third-order valence-electron chi connectivity index (χ3n) is 3.95. The van der Waals surface area contributed by atoms with Crippen LogP contribution in [0, 0.1) is 0 Å². The highest BCUT2D eigenvalue weighted by atomic mass is 32.2. The van der Waals surface area contributed by atoms with Crippen LogP contribution in [0.15, 0.2) is 33.9 Å². The standard InChI is InChI=1S/C17H22N4O2S/c1-2-16-19-20-17(23-16)24-12-15(22)18-13-6-8-14(9-7-13)21-10-4-3-5-11-21/h6-9H,2-5,10-12H2,1H3,(H,18,22). The van der Waals surface area contributed by atoms with Crippen molar-refractivity contribution in [2.24, 2.45) is 0 Å². The molecule has 0 saturated carbocycles. The zero-order chi connectivity index (χ0) is 16.8. The quantitative estimate of drug-likeness (QED) is 0.809. The smallest absolute Gasteiger partial charge is 0.277 e. The SMILES string of the molecule is CCc1nnc(SCC(=O)Nc2ccc(N3CCCCC3)cc2)o1. The molecule has 1 aromatic carbocycles. The number of nitrogens with one attached hydrogen (secondary N) is 1. The van der Waals surface area contributed by atoms with E-state index in [2.05, 4.69) is 32.5 Å². The fourth-order valence-corrected chi connectivity index (χ4v) is 3.25. The van der Waals surface area contributed by atoms with E-state index in [1.807, 2.05) is 19.1 Å². The summed E-state index contributed by atoms with van der Waals surface area (Å²) in [6.45, 7) is 4.18. The molecule has 1 fully saturated rings. The minimum absolute atomic E-state index is 0.0815. The average molecular weight is 346 g/mol. The molecule has 3 rings (SSSR count). The zero-order valence-electron chi connectivity index (χ0n) is 13.8. The Kier molecular flexibility index (Phi) is 5.74. The number of anilines is 2. The van der Waals surface area contributed by atoms with Gasteiger partial charge in [0.1, 0.15) is 0 Å². The Morgan fingerprint density at radius 2 is 1.96 bits per heavy atom. The average Bonchev–Trinajstić information content (AvgIpc) is 3.10. The molecular formula is C17H22N4O2S. The molecule has 2 heterocycles. The Balaban J connectivity index is 1.48. The first-order valence-electron chi connectivity index (χ1n) is 8.34. The maximum Gasteiger partial charge on any atom is 0.277 e. The summed E-state index contributed by atoms with van der Waals surface area (Å²) in [5, 5.41) is 11.1. The first-order valence-corrected chi connectivity index (χ1v) is 9.33. The summed E-state index contributed by atoms with van der Waals surface area (Å²) in [5.74, 6) is 0.757. The second-order valence-electron chi connectivity index (χ2n) is 5.75. The van der Waals surface area contributed by atoms with Crippen LogP contribution >= 0.6 is 11.8 Å². The van der Waals surface area contributed by atoms with E-state index in [0.717, 1.165) is 18.8 Å². The lowest BCUT2D eigenvalue weighted by Crippen LogP contribution is -2.29. The van der Waals surface area contributed by atoms with Crippen molar-refractivity contribution in [1.29, 1.82) is 0 Å². The van der Waals surface area contributed by atoms with E-state index in [1.165, 1.54) is 36.7 Å². The molecule has 0 atom stereocenters. The van der Waals surface area contributed by atoms with Gasteiger partial charge in [0.05, 0.1) is 5.75 Å². The molecule has 0 unspecified atom stereocenters. The molecule has 1 aliphatic heterocycles. The second-order valence-corrected chi connectivity index (χ2v) is 6.67. The highest BCUT2D eigenvalue weighted by Crippen LogP contribution is 2.22. The summed E-state index contributed by atoms with van der Waals surface area (Å²) in [4.78, 5) is 14.4. The van der Waals surface area contributed by atoms with E-state index >= 15 is 0 Å². The van der Waals surface area contributed by atoms with E-state index in [4.69, 9.17) is 4.42 Å². The predicted molar refractivity (Wildman–Crippen MR) is 95.5 cm³/mol. The van der Waals surface area contributed by atoms with Crippen molar-refractivity contribution in [3.63, 3.8) is 0 Å². The lowest BCUT2D eigenvalue weighted by atomic mass is 10.1. The van der Waals surface area contributed by atoms with Crippen LogP contribution in [0.1, 0.15) is 32.1 Å². The summed E-state index contributed by atoms with van der Waals surface area (Å²) >= 11 is 1.25. The summed E-state index contributed by atoms with van der Waals surface area (Å²) in [6.07, 6.45) is 4.53. The van der Waals surface area contributed by atoms with Crippen LogP contribution < -0.4 is 10.2 Å². The van der Waals surface area contributed by atoms with Gasteiger partial charge in [-0.1, -0.05) is 18.7 Å². The van der Waals surface area contributed by atoms with Gasteiger partial charge in [-0.2, -0.15) is 0 Å². The molecule has 1 N–H and O–H groups in total. The van der Waals surface area contributed by atoms with Gasteiger partial charge in [0.15, 0.2) is 0 Å². The molecule has 1 saturated heterocycles. The van der Waals surface area contributed by atoms with Crippen molar-refractivity contribution in [2.75, 3.05) is 29.1 Å². The molecule has 0 aliphatic carbocycles. The molecule has 7 heteroatoms. The van der Waals surface area contributed by atoms with Crippen LogP contribution in [0.25, 0.3) is 0 Å². The summed E-state index contributed by atoms with van der Waals surface area (Å²) in [6, 6.07) is 8.04. The second kappa shape index (κ2) is 8.19. The van der Waals surface area contributed by atoms with Crippen LogP contribution in [-0.4, -0.2) is 34.9 Å². The van der Waals surface area contributed by atoms with Gasteiger partial charge in [0.25, 0.3) is 5.22 Å². The monoisotopic (exact) mass is 346 g/mol. The fraction of sp³-hybridized carbons (Fsp3) is 0.471. The van der Waals surface area contributed by atoms with E-state index in [-0.39, 0.29) is 11.7 Å². The number of benzene rings is 1. The van der Waals surface area contributed by atoms with Crippen molar-refractivity contribution in [2.45, 2.75) is 37.8 Å². The van der Waals surface area contributed by atoms with Crippen molar-refractivity contribution in [3.05, 3.63) is 30.2 Å². The zero-order valence-corrected chi connectivity index (χ0v) is 14.6. The number of nitrogens with zero attached hydrogens (tertiary/aromatic N) is 3. The Bertz CT molecular complexity index is 665. The lowest BCUT2D eigenvalue weighted by Gasteiger charge is -2.28. The predicted octanol–water partition coefficient (Wildman–Crippen LogP) is 3.35. The topological polar surface area (TPSA) is 71.3 Å². The number of aromatic nitrogens is 2. The molecule has 1 aliphatic rings. The highest BCUT2D eigenvalue weighted by molar-refractivity contribution is 7.99. The number of rotatable bonds is 6. The molecule has 6 nitrogen and oxygen atoms in total. The minimum atomic E-state index is -0.0815. The number of thioether (sulfide) groups is 1. The number of carbonyl (C=O) groups excluding carboxylic acids is 1. The van der Waals surface area contributed by atoms with Crippen LogP contribution in [0.5, 0.6) is 0 Å². The number of carbonyl (C=O) groups is 1. The highest BCUT2D eigenvalue weighted by Gasteiger charge is 2.12. The van der Waals surface area contributed by atoms with Crippen molar-refractivity contribution in [1.82, 2.24) is 10.2 Å². The van der Waals surface area contributed by atoms with Crippen LogP contribution in [0.2, 0.25) is 0 Å². The first-order chi connectivity index (χ1) is 11.7. The van der Waals surface area contributed by atoms with Gasteiger partial charge in [-0.25, -0.2) is 0 Å². The van der Waals surface area contributed by atoms with E-state index in [1.54, 1.807) is 0 Å². The molecular weight excluding hydrogens is 324 g/mol. The number of aryl methyl sites for hydroxylation is 1.